The molecule has 2 rings (SSSR count). The predicted octanol–water partition coefficient (Wildman–Crippen LogP) is 1.89. The van der Waals surface area contributed by atoms with Crippen molar-refractivity contribution in [3.8, 4) is 0 Å². The van der Waals surface area contributed by atoms with Gasteiger partial charge in [-0.3, -0.25) is 4.79 Å². The summed E-state index contributed by atoms with van der Waals surface area (Å²) in [6.07, 6.45) is 0.631. The number of amides is 1. The topological polar surface area (TPSA) is 46.3 Å². The first-order valence-corrected chi connectivity index (χ1v) is 7.35. The molecular weight excluding hydrogens is 244 g/mol. The molecular formula is C14H20N2OS. The van der Waals surface area contributed by atoms with Crippen LogP contribution >= 0.6 is 11.8 Å². The summed E-state index contributed by atoms with van der Waals surface area (Å²) in [5.41, 5.74) is 6.89. The minimum absolute atomic E-state index is 0.259. The molecule has 1 aromatic carbocycles. The molecule has 1 atom stereocenters. The summed E-state index contributed by atoms with van der Waals surface area (Å²) in [6.45, 7) is 4.37. The van der Waals surface area contributed by atoms with Crippen LogP contribution in [0.15, 0.2) is 29.2 Å². The number of hydrogen-bond donors (Lipinski definition) is 1. The van der Waals surface area contributed by atoms with Gasteiger partial charge in [-0.15, -0.1) is 11.8 Å². The lowest BCUT2D eigenvalue weighted by atomic mass is 10.1. The maximum absolute atomic E-state index is 11.7. The second-order valence-electron chi connectivity index (χ2n) is 4.81. The van der Waals surface area contributed by atoms with Gasteiger partial charge in [0.1, 0.15) is 0 Å². The number of thioether (sulfide) groups is 1. The number of carbonyl (C=O) groups is 1. The van der Waals surface area contributed by atoms with Gasteiger partial charge in [0, 0.05) is 30.2 Å². The van der Waals surface area contributed by atoms with Crippen LogP contribution in [0.2, 0.25) is 0 Å². The van der Waals surface area contributed by atoms with E-state index < -0.39 is 0 Å². The number of hydrogen-bond acceptors (Lipinski definition) is 3. The second-order valence-corrected chi connectivity index (χ2v) is 5.98. The summed E-state index contributed by atoms with van der Waals surface area (Å²) in [6, 6.07) is 8.50. The van der Waals surface area contributed by atoms with Gasteiger partial charge in [-0.25, -0.2) is 0 Å². The van der Waals surface area contributed by atoms with Crippen molar-refractivity contribution < 1.29 is 4.79 Å². The highest BCUT2D eigenvalue weighted by atomic mass is 32.2. The highest BCUT2D eigenvalue weighted by molar-refractivity contribution is 7.99. The minimum atomic E-state index is 0.259. The highest BCUT2D eigenvalue weighted by Gasteiger charge is 2.27. The Balaban J connectivity index is 1.75. The van der Waals surface area contributed by atoms with Gasteiger partial charge in [-0.05, 0) is 31.5 Å². The Morgan fingerprint density at radius 3 is 2.72 bits per heavy atom. The molecule has 98 valence electrons. The van der Waals surface area contributed by atoms with E-state index in [9.17, 15) is 4.79 Å². The first-order valence-electron chi connectivity index (χ1n) is 6.36. The molecule has 1 fully saturated rings. The maximum Gasteiger partial charge on any atom is 0.223 e. The van der Waals surface area contributed by atoms with Crippen molar-refractivity contribution in [1.29, 1.82) is 0 Å². The second kappa shape index (κ2) is 6.25. The highest BCUT2D eigenvalue weighted by Crippen LogP contribution is 2.21. The fraction of sp³-hybridized carbons (Fsp3) is 0.500. The first kappa shape index (κ1) is 13.4. The fourth-order valence-corrected chi connectivity index (χ4v) is 3.01. The molecule has 3 nitrogen and oxygen atoms in total. The van der Waals surface area contributed by atoms with Gasteiger partial charge in [0.15, 0.2) is 0 Å². The van der Waals surface area contributed by atoms with E-state index in [4.69, 9.17) is 5.73 Å². The normalized spacial score (nSPS) is 19.6. The number of nitrogens with zero attached hydrogens (tertiary/aromatic N) is 1. The molecule has 0 spiro atoms. The van der Waals surface area contributed by atoms with E-state index in [0.29, 0.717) is 18.9 Å². The van der Waals surface area contributed by atoms with Crippen LogP contribution in [0.1, 0.15) is 12.0 Å². The third-order valence-corrected chi connectivity index (χ3v) is 4.27. The van der Waals surface area contributed by atoms with Crippen molar-refractivity contribution in [2.75, 3.05) is 25.4 Å². The van der Waals surface area contributed by atoms with Crippen LogP contribution in [-0.4, -0.2) is 36.2 Å². The van der Waals surface area contributed by atoms with Gasteiger partial charge in [0.05, 0.1) is 0 Å². The van der Waals surface area contributed by atoms with Gasteiger partial charge in [0.25, 0.3) is 0 Å². The number of likely N-dealkylation sites (tertiary alicyclic amines) is 1. The number of benzene rings is 1. The molecule has 0 aliphatic carbocycles. The Hall–Kier alpha value is -1.00. The van der Waals surface area contributed by atoms with E-state index in [1.165, 1.54) is 10.5 Å². The molecule has 0 saturated carbocycles. The average Bonchev–Trinajstić information content (AvgIpc) is 2.73. The molecule has 2 N–H and O–H groups in total. The van der Waals surface area contributed by atoms with E-state index in [1.54, 1.807) is 11.8 Å². The van der Waals surface area contributed by atoms with E-state index in [0.717, 1.165) is 18.8 Å². The van der Waals surface area contributed by atoms with Crippen molar-refractivity contribution in [3.63, 3.8) is 0 Å². The zero-order valence-corrected chi connectivity index (χ0v) is 11.6. The van der Waals surface area contributed by atoms with Gasteiger partial charge in [0.2, 0.25) is 5.91 Å². The van der Waals surface area contributed by atoms with E-state index in [1.807, 2.05) is 4.90 Å². The molecule has 1 amide bonds. The predicted molar refractivity (Wildman–Crippen MR) is 75.6 cm³/mol. The summed E-state index contributed by atoms with van der Waals surface area (Å²) < 4.78 is 0. The molecule has 0 radical (unpaired) electrons. The van der Waals surface area contributed by atoms with Crippen molar-refractivity contribution in [3.05, 3.63) is 29.8 Å². The van der Waals surface area contributed by atoms with Gasteiger partial charge in [-0.2, -0.15) is 0 Å². The lowest BCUT2D eigenvalue weighted by Crippen LogP contribution is -2.28. The smallest absolute Gasteiger partial charge is 0.223 e. The van der Waals surface area contributed by atoms with Gasteiger partial charge < -0.3 is 10.6 Å². The summed E-state index contributed by atoms with van der Waals surface area (Å²) >= 11 is 1.80. The van der Waals surface area contributed by atoms with Crippen LogP contribution in [0.25, 0.3) is 0 Å². The first-order chi connectivity index (χ1) is 8.69. The quantitative estimate of drug-likeness (QED) is 0.826. The monoisotopic (exact) mass is 264 g/mol. The molecule has 18 heavy (non-hydrogen) atoms. The van der Waals surface area contributed by atoms with Crippen molar-refractivity contribution in [2.45, 2.75) is 18.2 Å². The van der Waals surface area contributed by atoms with Crippen molar-refractivity contribution in [1.82, 2.24) is 4.90 Å². The Bertz CT molecular complexity index is 405. The molecule has 0 aromatic heterocycles. The Morgan fingerprint density at radius 2 is 2.11 bits per heavy atom. The summed E-state index contributed by atoms with van der Waals surface area (Å²) in [5.74, 6) is 1.57. The van der Waals surface area contributed by atoms with Crippen molar-refractivity contribution >= 4 is 17.7 Å². The lowest BCUT2D eigenvalue weighted by molar-refractivity contribution is -0.127. The number of rotatable bonds is 5. The molecule has 1 aliphatic heterocycles. The number of carbonyl (C=O) groups excluding carboxylic acids is 1. The minimum Gasteiger partial charge on any atom is -0.342 e. The Morgan fingerprint density at radius 1 is 1.39 bits per heavy atom. The largest absolute Gasteiger partial charge is 0.342 e. The van der Waals surface area contributed by atoms with Gasteiger partial charge in [-0.1, -0.05) is 17.7 Å². The summed E-state index contributed by atoms with van der Waals surface area (Å²) in [5, 5.41) is 0. The zero-order valence-electron chi connectivity index (χ0n) is 10.8. The van der Waals surface area contributed by atoms with E-state index >= 15 is 0 Å². The Labute approximate surface area is 113 Å². The van der Waals surface area contributed by atoms with Gasteiger partial charge >= 0.3 is 0 Å². The van der Waals surface area contributed by atoms with Crippen LogP contribution in [0.3, 0.4) is 0 Å². The number of nitrogens with two attached hydrogens (primary N) is 1. The molecule has 4 heteroatoms. The fourth-order valence-electron chi connectivity index (χ4n) is 2.14. The molecule has 1 saturated heterocycles. The third kappa shape index (κ3) is 3.50. The number of aryl methyl sites for hydroxylation is 1. The van der Waals surface area contributed by atoms with Crippen LogP contribution in [0.5, 0.6) is 0 Å². The maximum atomic E-state index is 11.7. The third-order valence-electron chi connectivity index (χ3n) is 3.28. The average molecular weight is 264 g/mol. The molecule has 1 aliphatic rings. The van der Waals surface area contributed by atoms with Crippen LogP contribution < -0.4 is 5.73 Å². The SMILES string of the molecule is Cc1ccc(SCCN2CC(CN)CC2=O)cc1. The Kier molecular flexibility index (Phi) is 4.66. The summed E-state index contributed by atoms with van der Waals surface area (Å²) in [7, 11) is 0. The molecule has 1 heterocycles. The van der Waals surface area contributed by atoms with Crippen molar-refractivity contribution in [2.24, 2.45) is 11.7 Å². The van der Waals surface area contributed by atoms with Crippen LogP contribution in [0.4, 0.5) is 0 Å². The van der Waals surface area contributed by atoms with Crippen LogP contribution in [-0.2, 0) is 4.79 Å². The molecule has 1 aromatic rings. The zero-order chi connectivity index (χ0) is 13.0. The molecule has 0 bridgehead atoms. The summed E-state index contributed by atoms with van der Waals surface area (Å²) in [4.78, 5) is 14.9. The van der Waals surface area contributed by atoms with E-state index in [2.05, 4.69) is 31.2 Å². The lowest BCUT2D eigenvalue weighted by Gasteiger charge is -2.15. The van der Waals surface area contributed by atoms with Crippen LogP contribution in [0, 0.1) is 12.8 Å². The van der Waals surface area contributed by atoms with E-state index in [-0.39, 0.29) is 5.91 Å². The molecule has 1 unspecified atom stereocenters. The standard InChI is InChI=1S/C14H20N2OS/c1-11-2-4-13(5-3-11)18-7-6-16-10-12(9-15)8-14(16)17/h2-5,12H,6-10,15H2,1H3.